The normalized spacial score (nSPS) is 10.4. The molecule has 0 saturated heterocycles. The van der Waals surface area contributed by atoms with E-state index in [-0.39, 0.29) is 5.69 Å². The van der Waals surface area contributed by atoms with Gasteiger partial charge >= 0.3 is 5.69 Å². The van der Waals surface area contributed by atoms with Crippen LogP contribution in [0.15, 0.2) is 24.5 Å². The minimum absolute atomic E-state index is 0.00333. The summed E-state index contributed by atoms with van der Waals surface area (Å²) < 4.78 is 0. The van der Waals surface area contributed by atoms with E-state index in [4.69, 9.17) is 0 Å². The second kappa shape index (κ2) is 5.94. The van der Waals surface area contributed by atoms with Crippen molar-refractivity contribution in [2.75, 3.05) is 11.9 Å². The number of aromatic nitrogens is 3. The lowest BCUT2D eigenvalue weighted by atomic mass is 10.3. The first-order chi connectivity index (χ1) is 9.16. The van der Waals surface area contributed by atoms with E-state index >= 15 is 0 Å². The van der Waals surface area contributed by atoms with Gasteiger partial charge in [-0.3, -0.25) is 10.1 Å². The molecule has 2 N–H and O–H groups in total. The van der Waals surface area contributed by atoms with Crippen LogP contribution in [0.1, 0.15) is 17.9 Å². The monoisotopic (exact) mass is 261 g/mol. The number of anilines is 1. The molecule has 0 saturated carbocycles. The van der Waals surface area contributed by atoms with Crippen molar-refractivity contribution < 1.29 is 4.92 Å². The highest BCUT2D eigenvalue weighted by atomic mass is 16.6. The SMILES string of the molecule is Cc1ccc([N+](=O)[O-])c(NCCCc2ncc[nH]2)n1. The van der Waals surface area contributed by atoms with Crippen LogP contribution in [0.3, 0.4) is 0 Å². The largest absolute Gasteiger partial charge is 0.364 e. The van der Waals surface area contributed by atoms with E-state index in [2.05, 4.69) is 20.3 Å². The van der Waals surface area contributed by atoms with Crippen LogP contribution in [-0.2, 0) is 6.42 Å². The predicted octanol–water partition coefficient (Wildman–Crippen LogP) is 2.07. The summed E-state index contributed by atoms with van der Waals surface area (Å²) in [5, 5.41) is 13.9. The summed E-state index contributed by atoms with van der Waals surface area (Å²) in [4.78, 5) is 21.7. The van der Waals surface area contributed by atoms with Crippen LogP contribution in [0.2, 0.25) is 0 Å². The number of H-pyrrole nitrogens is 1. The molecule has 100 valence electrons. The summed E-state index contributed by atoms with van der Waals surface area (Å²) in [5.74, 6) is 1.23. The second-order valence-corrected chi connectivity index (χ2v) is 4.14. The molecular formula is C12H15N5O2. The molecule has 7 heteroatoms. The lowest BCUT2D eigenvalue weighted by Gasteiger charge is -2.06. The molecule has 0 aromatic carbocycles. The van der Waals surface area contributed by atoms with Crippen LogP contribution in [0.5, 0.6) is 0 Å². The van der Waals surface area contributed by atoms with Crippen molar-refractivity contribution in [1.29, 1.82) is 0 Å². The third-order valence-corrected chi connectivity index (χ3v) is 2.65. The van der Waals surface area contributed by atoms with Gasteiger partial charge in [-0.1, -0.05) is 0 Å². The Hall–Kier alpha value is -2.44. The van der Waals surface area contributed by atoms with Crippen molar-refractivity contribution in [2.24, 2.45) is 0 Å². The molecule has 0 spiro atoms. The number of nitrogens with one attached hydrogen (secondary N) is 2. The number of imidazole rings is 1. The fraction of sp³-hybridized carbons (Fsp3) is 0.333. The van der Waals surface area contributed by atoms with Gasteiger partial charge in [0.05, 0.1) is 4.92 Å². The minimum Gasteiger partial charge on any atom is -0.364 e. The summed E-state index contributed by atoms with van der Waals surface area (Å²) in [6.45, 7) is 2.41. The van der Waals surface area contributed by atoms with Crippen molar-refractivity contribution >= 4 is 11.5 Å². The van der Waals surface area contributed by atoms with Crippen molar-refractivity contribution in [3.05, 3.63) is 46.2 Å². The van der Waals surface area contributed by atoms with Gasteiger partial charge in [-0.05, 0) is 19.4 Å². The molecule has 2 aromatic rings. The quantitative estimate of drug-likeness (QED) is 0.471. The summed E-state index contributed by atoms with van der Waals surface area (Å²) in [6.07, 6.45) is 5.09. The van der Waals surface area contributed by atoms with Gasteiger partial charge < -0.3 is 10.3 Å². The van der Waals surface area contributed by atoms with Crippen LogP contribution >= 0.6 is 0 Å². The molecule has 0 unspecified atom stereocenters. The molecule has 0 aliphatic rings. The average Bonchev–Trinajstić information content (AvgIpc) is 2.87. The molecule has 2 aromatic heterocycles. The molecule has 0 bridgehead atoms. The Kier molecular flexibility index (Phi) is 4.07. The van der Waals surface area contributed by atoms with Gasteiger partial charge in [0.25, 0.3) is 0 Å². The zero-order chi connectivity index (χ0) is 13.7. The van der Waals surface area contributed by atoms with Gasteiger partial charge in [-0.2, -0.15) is 0 Å². The highest BCUT2D eigenvalue weighted by Gasteiger charge is 2.14. The van der Waals surface area contributed by atoms with Crippen molar-refractivity contribution in [3.8, 4) is 0 Å². The van der Waals surface area contributed by atoms with Gasteiger partial charge in [0.2, 0.25) is 5.82 Å². The number of rotatable bonds is 6. The summed E-state index contributed by atoms with van der Waals surface area (Å²) >= 11 is 0. The minimum atomic E-state index is -0.429. The van der Waals surface area contributed by atoms with Crippen LogP contribution in [0, 0.1) is 17.0 Å². The Morgan fingerprint density at radius 3 is 3.00 bits per heavy atom. The number of hydrogen-bond acceptors (Lipinski definition) is 5. The van der Waals surface area contributed by atoms with E-state index in [0.29, 0.717) is 12.4 Å². The third kappa shape index (κ3) is 3.51. The van der Waals surface area contributed by atoms with Gasteiger partial charge in [0.15, 0.2) is 0 Å². The molecule has 2 heterocycles. The van der Waals surface area contributed by atoms with E-state index in [1.807, 2.05) is 0 Å². The summed E-state index contributed by atoms with van der Waals surface area (Å²) in [7, 11) is 0. The maximum absolute atomic E-state index is 10.9. The maximum Gasteiger partial charge on any atom is 0.311 e. The van der Waals surface area contributed by atoms with Gasteiger partial charge in [0, 0.05) is 37.1 Å². The van der Waals surface area contributed by atoms with Crippen LogP contribution in [0.25, 0.3) is 0 Å². The van der Waals surface area contributed by atoms with E-state index < -0.39 is 4.92 Å². The molecule has 19 heavy (non-hydrogen) atoms. The first-order valence-corrected chi connectivity index (χ1v) is 6.01. The smallest absolute Gasteiger partial charge is 0.311 e. The van der Waals surface area contributed by atoms with E-state index in [1.54, 1.807) is 25.4 Å². The molecule has 2 rings (SSSR count). The molecule has 0 fully saturated rings. The first-order valence-electron chi connectivity index (χ1n) is 6.01. The van der Waals surface area contributed by atoms with E-state index in [1.165, 1.54) is 6.07 Å². The zero-order valence-corrected chi connectivity index (χ0v) is 10.6. The van der Waals surface area contributed by atoms with Crippen molar-refractivity contribution in [3.63, 3.8) is 0 Å². The van der Waals surface area contributed by atoms with Crippen LogP contribution < -0.4 is 5.32 Å². The summed E-state index contributed by atoms with van der Waals surface area (Å²) in [6, 6.07) is 3.10. The third-order valence-electron chi connectivity index (χ3n) is 2.65. The molecule has 7 nitrogen and oxygen atoms in total. The first kappa shape index (κ1) is 13.0. The van der Waals surface area contributed by atoms with Crippen LogP contribution in [0.4, 0.5) is 11.5 Å². The Labute approximate surface area is 110 Å². The lowest BCUT2D eigenvalue weighted by molar-refractivity contribution is -0.384. The number of aryl methyl sites for hydroxylation is 2. The number of aromatic amines is 1. The number of nitrogens with zero attached hydrogens (tertiary/aromatic N) is 3. The molecule has 0 amide bonds. The predicted molar refractivity (Wildman–Crippen MR) is 71.0 cm³/mol. The Morgan fingerprint density at radius 1 is 1.47 bits per heavy atom. The number of hydrogen-bond donors (Lipinski definition) is 2. The fourth-order valence-electron chi connectivity index (χ4n) is 1.72. The van der Waals surface area contributed by atoms with E-state index in [9.17, 15) is 10.1 Å². The average molecular weight is 261 g/mol. The Bertz CT molecular complexity index is 553. The number of pyridine rings is 1. The fourth-order valence-corrected chi connectivity index (χ4v) is 1.72. The number of nitro groups is 1. The summed E-state index contributed by atoms with van der Waals surface area (Å²) in [5.41, 5.74) is 0.753. The maximum atomic E-state index is 10.9. The van der Waals surface area contributed by atoms with Crippen molar-refractivity contribution in [2.45, 2.75) is 19.8 Å². The molecule has 0 radical (unpaired) electrons. The van der Waals surface area contributed by atoms with E-state index in [0.717, 1.165) is 24.4 Å². The van der Waals surface area contributed by atoms with Crippen molar-refractivity contribution in [1.82, 2.24) is 15.0 Å². The Morgan fingerprint density at radius 2 is 2.32 bits per heavy atom. The zero-order valence-electron chi connectivity index (χ0n) is 10.6. The second-order valence-electron chi connectivity index (χ2n) is 4.14. The Balaban J connectivity index is 1.91. The standard InChI is InChI=1S/C12H15N5O2/c1-9-4-5-10(17(18)19)12(16-9)15-6-2-3-11-13-7-8-14-11/h4-5,7-8H,2-3,6H2,1H3,(H,13,14)(H,15,16). The highest BCUT2D eigenvalue weighted by Crippen LogP contribution is 2.21. The highest BCUT2D eigenvalue weighted by molar-refractivity contribution is 5.55. The van der Waals surface area contributed by atoms with Gasteiger partial charge in [-0.25, -0.2) is 9.97 Å². The molecular weight excluding hydrogens is 246 g/mol. The van der Waals surface area contributed by atoms with Crippen LogP contribution in [-0.4, -0.2) is 26.4 Å². The molecule has 0 aliphatic heterocycles. The molecule has 0 aliphatic carbocycles. The van der Waals surface area contributed by atoms with Gasteiger partial charge in [-0.15, -0.1) is 0 Å². The lowest BCUT2D eigenvalue weighted by Crippen LogP contribution is -2.08. The van der Waals surface area contributed by atoms with Gasteiger partial charge in [0.1, 0.15) is 5.82 Å². The molecule has 0 atom stereocenters. The topological polar surface area (TPSA) is 96.7 Å².